The predicted molar refractivity (Wildman–Crippen MR) is 122 cm³/mol. The van der Waals surface area contributed by atoms with Crippen LogP contribution in [0, 0.1) is 0 Å². The highest BCUT2D eigenvalue weighted by Crippen LogP contribution is 2.31. The number of amides is 2. The minimum absolute atomic E-state index is 0.374. The van der Waals surface area contributed by atoms with E-state index in [-0.39, 0.29) is 11.8 Å². The quantitative estimate of drug-likeness (QED) is 0.443. The second-order valence-corrected chi connectivity index (χ2v) is 7.34. The van der Waals surface area contributed by atoms with Crippen LogP contribution in [0.25, 0.3) is 22.1 Å². The summed E-state index contributed by atoms with van der Waals surface area (Å²) in [6.07, 6.45) is 3.16. The Balaban J connectivity index is 1.79. The Kier molecular flexibility index (Phi) is 5.46. The van der Waals surface area contributed by atoms with Crippen molar-refractivity contribution in [2.45, 2.75) is 27.2 Å². The first-order valence-electron chi connectivity index (χ1n) is 10.5. The van der Waals surface area contributed by atoms with E-state index < -0.39 is 5.63 Å². The van der Waals surface area contributed by atoms with Crippen LogP contribution in [0.2, 0.25) is 0 Å². The van der Waals surface area contributed by atoms with E-state index in [1.807, 2.05) is 19.1 Å². The number of carbonyl (C=O) groups excluding carboxylic acids is 2. The molecule has 2 aromatic carbocycles. The average Bonchev–Trinajstić information content (AvgIpc) is 3.11. The normalized spacial score (nSPS) is 13.5. The molecule has 1 aromatic heterocycles. The summed E-state index contributed by atoms with van der Waals surface area (Å²) < 4.78 is 5.72. The minimum atomic E-state index is -0.399. The molecule has 2 amide bonds. The molecule has 0 bridgehead atoms. The standard InChI is InChI=1S/C25H24N2O4/c1-4-19-20-12-11-18(26(5-2)6-3)15-21(20)31-25(30)24(19)16-7-9-17(10-8-16)27-22(28)13-14-23(27)29/h7-15H,4-6H2,1-3H3. The summed E-state index contributed by atoms with van der Waals surface area (Å²) in [5.41, 5.74) is 3.78. The Morgan fingerprint density at radius 1 is 0.871 bits per heavy atom. The van der Waals surface area contributed by atoms with Crippen LogP contribution < -0.4 is 15.4 Å². The Labute approximate surface area is 180 Å². The fourth-order valence-corrected chi connectivity index (χ4v) is 4.13. The van der Waals surface area contributed by atoms with Gasteiger partial charge in [0.25, 0.3) is 11.8 Å². The molecule has 0 atom stereocenters. The molecule has 0 spiro atoms. The molecule has 0 aliphatic carbocycles. The smallest absolute Gasteiger partial charge is 0.344 e. The van der Waals surface area contributed by atoms with Crippen molar-refractivity contribution >= 4 is 34.2 Å². The van der Waals surface area contributed by atoms with Gasteiger partial charge in [0.1, 0.15) is 5.58 Å². The zero-order valence-electron chi connectivity index (χ0n) is 17.8. The van der Waals surface area contributed by atoms with Gasteiger partial charge < -0.3 is 9.32 Å². The lowest BCUT2D eigenvalue weighted by molar-refractivity contribution is -0.119. The lowest BCUT2D eigenvalue weighted by Gasteiger charge is -2.21. The van der Waals surface area contributed by atoms with E-state index in [4.69, 9.17) is 4.42 Å². The van der Waals surface area contributed by atoms with Gasteiger partial charge in [-0.1, -0.05) is 19.1 Å². The first-order chi connectivity index (χ1) is 15.0. The molecule has 0 N–H and O–H groups in total. The summed E-state index contributed by atoms with van der Waals surface area (Å²) in [5, 5.41) is 0.909. The summed E-state index contributed by atoms with van der Waals surface area (Å²) in [4.78, 5) is 40.1. The molecule has 0 unspecified atom stereocenters. The lowest BCUT2D eigenvalue weighted by atomic mass is 9.96. The number of rotatable bonds is 6. The van der Waals surface area contributed by atoms with Gasteiger partial charge in [0.15, 0.2) is 0 Å². The maximum Gasteiger partial charge on any atom is 0.344 e. The third kappa shape index (κ3) is 3.54. The molecule has 1 aliphatic rings. The lowest BCUT2D eigenvalue weighted by Crippen LogP contribution is -2.29. The van der Waals surface area contributed by atoms with Crippen molar-refractivity contribution in [1.29, 1.82) is 0 Å². The number of fused-ring (bicyclic) bond motifs is 1. The molecular formula is C25H24N2O4. The third-order valence-corrected chi connectivity index (χ3v) is 5.70. The third-order valence-electron chi connectivity index (χ3n) is 5.70. The molecule has 31 heavy (non-hydrogen) atoms. The van der Waals surface area contributed by atoms with Crippen molar-refractivity contribution in [2.75, 3.05) is 22.9 Å². The Morgan fingerprint density at radius 2 is 1.52 bits per heavy atom. The molecule has 3 aromatic rings. The number of aryl methyl sites for hydroxylation is 1. The number of carbonyl (C=O) groups is 2. The summed E-state index contributed by atoms with van der Waals surface area (Å²) in [5.74, 6) is -0.748. The second-order valence-electron chi connectivity index (χ2n) is 7.34. The first kappa shape index (κ1) is 20.6. The van der Waals surface area contributed by atoms with E-state index in [1.54, 1.807) is 24.3 Å². The highest BCUT2D eigenvalue weighted by Gasteiger charge is 2.25. The van der Waals surface area contributed by atoms with Crippen LogP contribution in [-0.2, 0) is 16.0 Å². The van der Waals surface area contributed by atoms with Crippen molar-refractivity contribution < 1.29 is 14.0 Å². The van der Waals surface area contributed by atoms with E-state index in [1.165, 1.54) is 12.2 Å². The molecule has 4 rings (SSSR count). The number of nitrogens with zero attached hydrogens (tertiary/aromatic N) is 2. The van der Waals surface area contributed by atoms with Crippen molar-refractivity contribution in [1.82, 2.24) is 0 Å². The number of anilines is 2. The van der Waals surface area contributed by atoms with E-state index >= 15 is 0 Å². The zero-order valence-corrected chi connectivity index (χ0v) is 17.8. The van der Waals surface area contributed by atoms with Gasteiger partial charge in [-0.05, 0) is 55.7 Å². The van der Waals surface area contributed by atoms with Gasteiger partial charge in [-0.2, -0.15) is 0 Å². The van der Waals surface area contributed by atoms with Gasteiger partial charge in [0, 0.05) is 42.4 Å². The highest BCUT2D eigenvalue weighted by molar-refractivity contribution is 6.28. The molecule has 158 valence electrons. The maximum absolute atomic E-state index is 13.0. The van der Waals surface area contributed by atoms with Gasteiger partial charge in [-0.15, -0.1) is 0 Å². The van der Waals surface area contributed by atoms with Crippen LogP contribution in [0.15, 0.2) is 63.8 Å². The summed E-state index contributed by atoms with van der Waals surface area (Å²) >= 11 is 0. The van der Waals surface area contributed by atoms with E-state index in [0.29, 0.717) is 28.8 Å². The number of benzene rings is 2. The van der Waals surface area contributed by atoms with Crippen LogP contribution in [-0.4, -0.2) is 24.9 Å². The van der Waals surface area contributed by atoms with Crippen LogP contribution in [0.5, 0.6) is 0 Å². The molecule has 0 radical (unpaired) electrons. The average molecular weight is 416 g/mol. The van der Waals surface area contributed by atoms with Gasteiger partial charge in [-0.3, -0.25) is 9.59 Å². The first-order valence-corrected chi connectivity index (χ1v) is 10.5. The van der Waals surface area contributed by atoms with Crippen LogP contribution in [0.4, 0.5) is 11.4 Å². The topological polar surface area (TPSA) is 70.8 Å². The molecule has 6 nitrogen and oxygen atoms in total. The number of hydrogen-bond donors (Lipinski definition) is 0. The van der Waals surface area contributed by atoms with Crippen LogP contribution in [0.3, 0.4) is 0 Å². The highest BCUT2D eigenvalue weighted by atomic mass is 16.4. The Bertz CT molecular complexity index is 1230. The molecule has 0 saturated carbocycles. The summed E-state index contributed by atoms with van der Waals surface area (Å²) in [6.45, 7) is 7.93. The van der Waals surface area contributed by atoms with Crippen molar-refractivity contribution in [3.63, 3.8) is 0 Å². The fraction of sp³-hybridized carbons (Fsp3) is 0.240. The SMILES string of the molecule is CCc1c(-c2ccc(N3C(=O)C=CC3=O)cc2)c(=O)oc2cc(N(CC)CC)ccc12. The molecule has 0 saturated heterocycles. The van der Waals surface area contributed by atoms with E-state index in [9.17, 15) is 14.4 Å². The largest absolute Gasteiger partial charge is 0.422 e. The Morgan fingerprint density at radius 3 is 2.10 bits per heavy atom. The van der Waals surface area contributed by atoms with Crippen LogP contribution in [0.1, 0.15) is 26.3 Å². The molecule has 1 aliphatic heterocycles. The van der Waals surface area contributed by atoms with Gasteiger partial charge in [0.2, 0.25) is 0 Å². The zero-order chi connectivity index (χ0) is 22.1. The molecular weight excluding hydrogens is 392 g/mol. The molecule has 6 heteroatoms. The maximum atomic E-state index is 13.0. The van der Waals surface area contributed by atoms with Gasteiger partial charge >= 0.3 is 5.63 Å². The van der Waals surface area contributed by atoms with Gasteiger partial charge in [0.05, 0.1) is 11.3 Å². The van der Waals surface area contributed by atoms with Crippen molar-refractivity contribution in [3.8, 4) is 11.1 Å². The predicted octanol–water partition coefficient (Wildman–Crippen LogP) is 4.30. The van der Waals surface area contributed by atoms with Crippen molar-refractivity contribution in [3.05, 3.63) is 70.6 Å². The van der Waals surface area contributed by atoms with E-state index in [0.717, 1.165) is 34.6 Å². The van der Waals surface area contributed by atoms with Gasteiger partial charge in [-0.25, -0.2) is 9.69 Å². The van der Waals surface area contributed by atoms with Crippen LogP contribution >= 0.6 is 0 Å². The van der Waals surface area contributed by atoms with Crippen molar-refractivity contribution in [2.24, 2.45) is 0 Å². The monoisotopic (exact) mass is 416 g/mol. The number of imide groups is 1. The van der Waals surface area contributed by atoms with E-state index in [2.05, 4.69) is 24.8 Å². The Hall–Kier alpha value is -3.67. The fourth-order valence-electron chi connectivity index (χ4n) is 4.13. The summed E-state index contributed by atoms with van der Waals surface area (Å²) in [7, 11) is 0. The molecule has 2 heterocycles. The summed E-state index contributed by atoms with van der Waals surface area (Å²) in [6, 6.07) is 12.8. The number of hydrogen-bond acceptors (Lipinski definition) is 5. The second kappa shape index (κ2) is 8.22. The molecule has 0 fully saturated rings. The minimum Gasteiger partial charge on any atom is -0.422 e.